The number of carbonyl (C=O) groups is 2. The Morgan fingerprint density at radius 2 is 1.93 bits per heavy atom. The number of esters is 1. The van der Waals surface area contributed by atoms with Crippen molar-refractivity contribution in [3.05, 3.63) is 40.3 Å². The van der Waals surface area contributed by atoms with E-state index in [0.29, 0.717) is 22.9 Å². The number of carbonyl (C=O) groups excluding carboxylic acids is 2. The molecule has 0 radical (unpaired) electrons. The third-order valence-corrected chi connectivity index (χ3v) is 6.62. The average Bonchev–Trinajstić information content (AvgIpc) is 2.82. The molecule has 1 heterocycles. The van der Waals surface area contributed by atoms with Gasteiger partial charge in [0.05, 0.1) is 17.9 Å². The van der Waals surface area contributed by atoms with E-state index in [4.69, 9.17) is 10.5 Å². The van der Waals surface area contributed by atoms with Crippen LogP contribution in [0.1, 0.15) is 47.0 Å². The molecule has 2 aromatic rings. The van der Waals surface area contributed by atoms with Gasteiger partial charge in [0.1, 0.15) is 5.00 Å². The second-order valence-corrected chi connectivity index (χ2v) is 8.55. The number of nitrogens with two attached hydrogens (primary N) is 1. The number of hydrogen-bond donors (Lipinski definition) is 2. The van der Waals surface area contributed by atoms with Crippen LogP contribution < -0.4 is 11.1 Å². The first-order valence-corrected chi connectivity index (χ1v) is 11.0. The normalized spacial score (nSPS) is 13.5. The highest BCUT2D eigenvalue weighted by molar-refractivity contribution is 8.00. The van der Waals surface area contributed by atoms with Gasteiger partial charge in [0.2, 0.25) is 5.91 Å². The molecular weight excluding hydrogens is 380 g/mol. The zero-order chi connectivity index (χ0) is 19.2. The first-order chi connectivity index (χ1) is 13.1. The maximum atomic E-state index is 12.5. The third-order valence-electron chi connectivity index (χ3n) is 4.40. The Bertz CT molecular complexity index is 815. The second kappa shape index (κ2) is 9.28. The summed E-state index contributed by atoms with van der Waals surface area (Å²) in [6, 6.07) is 7.42. The Morgan fingerprint density at radius 3 is 2.67 bits per heavy atom. The van der Waals surface area contributed by atoms with E-state index in [2.05, 4.69) is 5.32 Å². The van der Waals surface area contributed by atoms with E-state index < -0.39 is 0 Å². The highest BCUT2D eigenvalue weighted by Gasteiger charge is 2.26. The molecule has 0 unspecified atom stereocenters. The minimum Gasteiger partial charge on any atom is -0.462 e. The first kappa shape index (κ1) is 19.8. The molecule has 3 N–H and O–H groups in total. The number of amides is 1. The highest BCUT2D eigenvalue weighted by atomic mass is 32.2. The number of ether oxygens (including phenoxy) is 1. The van der Waals surface area contributed by atoms with Gasteiger partial charge in [0.15, 0.2) is 0 Å². The summed E-state index contributed by atoms with van der Waals surface area (Å²) in [6.07, 6.45) is 5.19. The molecule has 144 valence electrons. The first-order valence-electron chi connectivity index (χ1n) is 9.18. The average molecular weight is 405 g/mol. The van der Waals surface area contributed by atoms with Gasteiger partial charge in [-0.15, -0.1) is 23.1 Å². The summed E-state index contributed by atoms with van der Waals surface area (Å²) in [7, 11) is 0. The number of aryl methyl sites for hydroxylation is 1. The fourth-order valence-electron chi connectivity index (χ4n) is 3.13. The lowest BCUT2D eigenvalue weighted by atomic mass is 10.1. The zero-order valence-corrected chi connectivity index (χ0v) is 17.0. The number of nitrogen functional groups attached to an aromatic ring is 1. The molecular formula is C20H24N2O3S2. The number of benzene rings is 1. The van der Waals surface area contributed by atoms with Crippen molar-refractivity contribution in [2.45, 2.75) is 43.9 Å². The van der Waals surface area contributed by atoms with Crippen LogP contribution in [0.4, 0.5) is 10.7 Å². The van der Waals surface area contributed by atoms with Gasteiger partial charge in [0, 0.05) is 15.5 Å². The molecule has 7 heteroatoms. The molecule has 0 saturated heterocycles. The molecule has 0 fully saturated rings. The van der Waals surface area contributed by atoms with E-state index in [9.17, 15) is 9.59 Å². The fourth-order valence-corrected chi connectivity index (χ4v) is 5.12. The maximum absolute atomic E-state index is 12.5. The van der Waals surface area contributed by atoms with Crippen molar-refractivity contribution in [3.63, 3.8) is 0 Å². The predicted octanol–water partition coefficient (Wildman–Crippen LogP) is 4.51. The van der Waals surface area contributed by atoms with Crippen LogP contribution in [0.15, 0.2) is 29.2 Å². The van der Waals surface area contributed by atoms with Gasteiger partial charge in [0.25, 0.3) is 0 Å². The van der Waals surface area contributed by atoms with Crippen molar-refractivity contribution in [1.29, 1.82) is 0 Å². The molecule has 0 aliphatic heterocycles. The van der Waals surface area contributed by atoms with Crippen LogP contribution in [0, 0.1) is 0 Å². The number of nitrogens with one attached hydrogen (secondary N) is 1. The minimum absolute atomic E-state index is 0.126. The standard InChI is InChI=1S/C20H24N2O3S2/c1-2-25-20(24)18-15-6-4-3-5-7-16(15)27-19(18)22-17(23)12-26-14-10-8-13(21)9-11-14/h8-11H,2-7,12,21H2,1H3,(H,22,23). The maximum Gasteiger partial charge on any atom is 0.341 e. The fraction of sp³-hybridized carbons (Fsp3) is 0.400. The molecule has 1 aromatic carbocycles. The van der Waals surface area contributed by atoms with Crippen LogP contribution in [0.3, 0.4) is 0 Å². The van der Waals surface area contributed by atoms with Gasteiger partial charge in [-0.3, -0.25) is 4.79 Å². The van der Waals surface area contributed by atoms with Crippen LogP contribution in [0.25, 0.3) is 0 Å². The molecule has 27 heavy (non-hydrogen) atoms. The highest BCUT2D eigenvalue weighted by Crippen LogP contribution is 2.38. The van der Waals surface area contributed by atoms with Gasteiger partial charge in [-0.2, -0.15) is 0 Å². The van der Waals surface area contributed by atoms with Gasteiger partial charge in [-0.25, -0.2) is 4.79 Å². The van der Waals surface area contributed by atoms with Gasteiger partial charge >= 0.3 is 5.97 Å². The monoisotopic (exact) mass is 404 g/mol. The molecule has 0 bridgehead atoms. The smallest absolute Gasteiger partial charge is 0.341 e. The minimum atomic E-state index is -0.335. The summed E-state index contributed by atoms with van der Waals surface area (Å²) >= 11 is 2.96. The summed E-state index contributed by atoms with van der Waals surface area (Å²) in [5.41, 5.74) is 8.01. The summed E-state index contributed by atoms with van der Waals surface area (Å²) < 4.78 is 5.26. The molecule has 0 spiro atoms. The molecule has 3 rings (SSSR count). The topological polar surface area (TPSA) is 81.4 Å². The van der Waals surface area contributed by atoms with Gasteiger partial charge < -0.3 is 15.8 Å². The number of thiophene rings is 1. The number of rotatable bonds is 6. The molecule has 0 atom stereocenters. The number of hydrogen-bond acceptors (Lipinski definition) is 6. The summed E-state index contributed by atoms with van der Waals surface area (Å²) in [4.78, 5) is 27.2. The summed E-state index contributed by atoms with van der Waals surface area (Å²) in [6.45, 7) is 2.12. The van der Waals surface area contributed by atoms with Crippen molar-refractivity contribution in [1.82, 2.24) is 0 Å². The van der Waals surface area contributed by atoms with Crippen LogP contribution in [0.2, 0.25) is 0 Å². The van der Waals surface area contributed by atoms with Gasteiger partial charge in [-0.1, -0.05) is 6.42 Å². The van der Waals surface area contributed by atoms with E-state index in [-0.39, 0.29) is 17.6 Å². The summed E-state index contributed by atoms with van der Waals surface area (Å²) in [5, 5.41) is 3.57. The lowest BCUT2D eigenvalue weighted by Gasteiger charge is -2.08. The Kier molecular flexibility index (Phi) is 6.79. The number of thioether (sulfide) groups is 1. The Hall–Kier alpha value is -1.99. The molecule has 1 amide bonds. The van der Waals surface area contributed by atoms with Crippen molar-refractivity contribution in [2.75, 3.05) is 23.4 Å². The van der Waals surface area contributed by atoms with E-state index >= 15 is 0 Å². The lowest BCUT2D eigenvalue weighted by molar-refractivity contribution is -0.113. The van der Waals surface area contributed by atoms with Crippen LogP contribution in [-0.4, -0.2) is 24.2 Å². The SMILES string of the molecule is CCOC(=O)c1c(NC(=O)CSc2ccc(N)cc2)sc2c1CCCCC2. The molecule has 1 aromatic heterocycles. The van der Waals surface area contributed by atoms with Crippen molar-refractivity contribution in [3.8, 4) is 0 Å². The lowest BCUT2D eigenvalue weighted by Crippen LogP contribution is -2.16. The molecule has 0 saturated carbocycles. The Labute approximate surface area is 167 Å². The number of anilines is 2. The van der Waals surface area contributed by atoms with Crippen LogP contribution in [-0.2, 0) is 22.4 Å². The Morgan fingerprint density at radius 1 is 1.19 bits per heavy atom. The second-order valence-electron chi connectivity index (χ2n) is 6.39. The third kappa shape index (κ3) is 5.05. The predicted molar refractivity (Wildman–Crippen MR) is 112 cm³/mol. The van der Waals surface area contributed by atoms with E-state index in [0.717, 1.165) is 36.1 Å². The molecule has 5 nitrogen and oxygen atoms in total. The van der Waals surface area contributed by atoms with Crippen LogP contribution in [0.5, 0.6) is 0 Å². The van der Waals surface area contributed by atoms with Crippen molar-refractivity contribution in [2.24, 2.45) is 0 Å². The van der Waals surface area contributed by atoms with Gasteiger partial charge in [-0.05, 0) is 62.4 Å². The molecule has 1 aliphatic carbocycles. The number of fused-ring (bicyclic) bond motifs is 1. The quantitative estimate of drug-likeness (QED) is 0.320. The van der Waals surface area contributed by atoms with Crippen molar-refractivity contribution < 1.29 is 14.3 Å². The van der Waals surface area contributed by atoms with E-state index in [1.54, 1.807) is 6.92 Å². The van der Waals surface area contributed by atoms with E-state index in [1.807, 2.05) is 24.3 Å². The van der Waals surface area contributed by atoms with E-state index in [1.165, 1.54) is 34.4 Å². The molecule has 1 aliphatic rings. The largest absolute Gasteiger partial charge is 0.462 e. The van der Waals surface area contributed by atoms with Crippen LogP contribution >= 0.6 is 23.1 Å². The van der Waals surface area contributed by atoms with Crippen molar-refractivity contribution >= 4 is 45.7 Å². The Balaban J connectivity index is 1.73. The summed E-state index contributed by atoms with van der Waals surface area (Å²) in [5.74, 6) is -0.188. The zero-order valence-electron chi connectivity index (χ0n) is 15.4.